The summed E-state index contributed by atoms with van der Waals surface area (Å²) in [5.74, 6) is 0.0890. The molecule has 1 fully saturated rings. The first-order valence-corrected chi connectivity index (χ1v) is 16.1. The van der Waals surface area contributed by atoms with Crippen LogP contribution >= 0.6 is 11.8 Å². The summed E-state index contributed by atoms with van der Waals surface area (Å²) in [5.41, 5.74) is 0.397. The first-order chi connectivity index (χ1) is 22.8. The number of H-pyrrole nitrogens is 1. The number of fused-ring (bicyclic) bond motifs is 1. The molecule has 3 heterocycles. The summed E-state index contributed by atoms with van der Waals surface area (Å²) in [6, 6.07) is 16.8. The molecule has 1 saturated heterocycles. The number of aromatic hydroxyl groups is 1. The maximum Gasteiger partial charge on any atom is 0.335 e. The first kappa shape index (κ1) is 32.0. The molecule has 242 valence electrons. The van der Waals surface area contributed by atoms with E-state index in [0.717, 1.165) is 52.7 Å². The van der Waals surface area contributed by atoms with Gasteiger partial charge in [-0.25, -0.2) is 13.8 Å². The van der Waals surface area contributed by atoms with Crippen LogP contribution in [0.5, 0.6) is 17.4 Å². The Labute approximate surface area is 274 Å². The number of ether oxygens (including phenoxy) is 2. The molecule has 6 rings (SSSR count). The summed E-state index contributed by atoms with van der Waals surface area (Å²) in [5, 5.41) is 11.6. The van der Waals surface area contributed by atoms with Gasteiger partial charge in [0, 0.05) is 46.3 Å². The largest absolute Gasteiger partial charge is 0.493 e. The second-order valence-electron chi connectivity index (χ2n) is 11.2. The lowest BCUT2D eigenvalue weighted by Crippen LogP contribution is -2.31. The highest BCUT2D eigenvalue weighted by atomic mass is 32.2. The van der Waals surface area contributed by atoms with Crippen LogP contribution in [0.1, 0.15) is 30.4 Å². The molecule has 0 radical (unpaired) electrons. The zero-order valence-corrected chi connectivity index (χ0v) is 26.8. The van der Waals surface area contributed by atoms with Crippen LogP contribution in [0.2, 0.25) is 0 Å². The Kier molecular flexibility index (Phi) is 9.69. The number of halogens is 1. The van der Waals surface area contributed by atoms with Gasteiger partial charge in [0.05, 0.1) is 30.6 Å². The zero-order chi connectivity index (χ0) is 32.9. The molecule has 10 nitrogen and oxygen atoms in total. The predicted molar refractivity (Wildman–Crippen MR) is 181 cm³/mol. The highest BCUT2D eigenvalue weighted by molar-refractivity contribution is 7.99. The van der Waals surface area contributed by atoms with Gasteiger partial charge in [-0.05, 0) is 75.7 Å². The Hall–Kier alpha value is -4.94. The number of benzene rings is 3. The number of methoxy groups -OCH3 is 1. The van der Waals surface area contributed by atoms with E-state index in [4.69, 9.17) is 9.47 Å². The SMILES string of the molecule is COc1cc2c(Sc3ccc(N=Cc4c(O)n(-c5ccc(C)cc5)c(=O)[nH]c4=O)cc3F)ccnc2cc1OCCCN1CCCC1. The minimum Gasteiger partial charge on any atom is -0.493 e. The number of aliphatic imine (C=N–C) groups is 1. The van der Waals surface area contributed by atoms with Crippen LogP contribution in [0.15, 0.2) is 91.2 Å². The average molecular weight is 656 g/mol. The molecule has 5 aromatic rings. The lowest BCUT2D eigenvalue weighted by molar-refractivity contribution is 0.254. The minimum atomic E-state index is -0.817. The molecule has 2 aromatic heterocycles. The topological polar surface area (TPSA) is 122 Å². The van der Waals surface area contributed by atoms with Crippen molar-refractivity contribution in [3.8, 4) is 23.1 Å². The van der Waals surface area contributed by atoms with E-state index >= 15 is 4.39 Å². The van der Waals surface area contributed by atoms with E-state index in [0.29, 0.717) is 34.2 Å². The van der Waals surface area contributed by atoms with Gasteiger partial charge in [0.15, 0.2) is 11.5 Å². The van der Waals surface area contributed by atoms with E-state index in [1.54, 1.807) is 49.7 Å². The second-order valence-corrected chi connectivity index (χ2v) is 12.3. The molecule has 47 heavy (non-hydrogen) atoms. The minimum absolute atomic E-state index is 0.214. The second kappa shape index (κ2) is 14.2. The highest BCUT2D eigenvalue weighted by Gasteiger charge is 2.16. The Morgan fingerprint density at radius 1 is 1.04 bits per heavy atom. The molecule has 0 spiro atoms. The van der Waals surface area contributed by atoms with Crippen molar-refractivity contribution >= 4 is 34.6 Å². The monoisotopic (exact) mass is 655 g/mol. The summed E-state index contributed by atoms with van der Waals surface area (Å²) in [4.78, 5) is 39.5. The quantitative estimate of drug-likeness (QED) is 0.131. The Morgan fingerprint density at radius 3 is 2.57 bits per heavy atom. The van der Waals surface area contributed by atoms with E-state index in [1.807, 2.05) is 25.1 Å². The van der Waals surface area contributed by atoms with Gasteiger partial charge in [0.25, 0.3) is 5.56 Å². The van der Waals surface area contributed by atoms with E-state index in [2.05, 4.69) is 19.9 Å². The van der Waals surface area contributed by atoms with Crippen LogP contribution < -0.4 is 20.7 Å². The van der Waals surface area contributed by atoms with E-state index in [1.165, 1.54) is 30.7 Å². The summed E-state index contributed by atoms with van der Waals surface area (Å²) in [6.45, 7) is 5.77. The Bertz CT molecular complexity index is 2060. The maximum atomic E-state index is 15.4. The van der Waals surface area contributed by atoms with Gasteiger partial charge in [-0.1, -0.05) is 29.5 Å². The Morgan fingerprint density at radius 2 is 1.83 bits per heavy atom. The number of hydrogen-bond donors (Lipinski definition) is 2. The molecule has 12 heteroatoms. The van der Waals surface area contributed by atoms with Gasteiger partial charge in [-0.15, -0.1) is 0 Å². The summed E-state index contributed by atoms with van der Waals surface area (Å²) >= 11 is 1.23. The van der Waals surface area contributed by atoms with Crippen LogP contribution in [0.3, 0.4) is 0 Å². The van der Waals surface area contributed by atoms with Crippen LogP contribution in [-0.4, -0.2) is 64.1 Å². The third kappa shape index (κ3) is 7.23. The molecule has 0 atom stereocenters. The molecule has 0 saturated carbocycles. The number of pyridine rings is 1. The van der Waals surface area contributed by atoms with Crippen molar-refractivity contribution in [3.05, 3.63) is 105 Å². The number of aromatic nitrogens is 3. The normalized spacial score (nSPS) is 13.5. The molecular formula is C35H34FN5O5S. The van der Waals surface area contributed by atoms with Crippen LogP contribution in [0.25, 0.3) is 16.6 Å². The Balaban J connectivity index is 1.20. The number of rotatable bonds is 11. The van der Waals surface area contributed by atoms with Gasteiger partial charge >= 0.3 is 5.69 Å². The molecule has 3 aromatic carbocycles. The number of aryl methyl sites for hydroxylation is 1. The van der Waals surface area contributed by atoms with Gasteiger partial charge < -0.3 is 19.5 Å². The molecule has 0 amide bonds. The van der Waals surface area contributed by atoms with Crippen molar-refractivity contribution in [2.45, 2.75) is 36.0 Å². The predicted octanol–water partition coefficient (Wildman–Crippen LogP) is 6.00. The number of nitrogens with one attached hydrogen (secondary N) is 1. The van der Waals surface area contributed by atoms with Crippen LogP contribution in [0, 0.1) is 12.7 Å². The molecule has 0 bridgehead atoms. The van der Waals surface area contributed by atoms with E-state index < -0.39 is 22.9 Å². The van der Waals surface area contributed by atoms with Crippen molar-refractivity contribution in [3.63, 3.8) is 0 Å². The third-order valence-electron chi connectivity index (χ3n) is 7.95. The number of aromatic amines is 1. The van der Waals surface area contributed by atoms with Gasteiger partial charge in [0.2, 0.25) is 5.88 Å². The molecule has 0 aliphatic carbocycles. The lowest BCUT2D eigenvalue weighted by Gasteiger charge is -2.16. The number of likely N-dealkylation sites (tertiary alicyclic amines) is 1. The van der Waals surface area contributed by atoms with Gasteiger partial charge in [-0.3, -0.25) is 19.8 Å². The molecular weight excluding hydrogens is 621 g/mol. The highest BCUT2D eigenvalue weighted by Crippen LogP contribution is 2.39. The van der Waals surface area contributed by atoms with Crippen molar-refractivity contribution in [1.29, 1.82) is 0 Å². The fraction of sp³-hybridized carbons (Fsp3) is 0.257. The van der Waals surface area contributed by atoms with Crippen molar-refractivity contribution < 1.29 is 19.0 Å². The molecule has 1 aliphatic heterocycles. The number of hydrogen-bond acceptors (Lipinski definition) is 9. The smallest absolute Gasteiger partial charge is 0.335 e. The molecule has 2 N–H and O–H groups in total. The summed E-state index contributed by atoms with van der Waals surface area (Å²) < 4.78 is 28.0. The van der Waals surface area contributed by atoms with E-state index in [9.17, 15) is 14.7 Å². The first-order valence-electron chi connectivity index (χ1n) is 15.3. The zero-order valence-electron chi connectivity index (χ0n) is 26.0. The summed E-state index contributed by atoms with van der Waals surface area (Å²) in [6.07, 6.45) is 6.21. The van der Waals surface area contributed by atoms with Crippen LogP contribution in [0.4, 0.5) is 10.1 Å². The standard InChI is InChI=1S/C35H34FN5O5S/c1-22-6-9-24(10-7-22)41-34(43)26(33(42)39-35(41)44)21-38-23-8-11-32(27(36)18-23)47-31-12-13-37-28-20-30(29(45-2)19-25(28)31)46-17-5-16-40-14-3-4-15-40/h6-13,18-21,43H,3-5,14-17H2,1-2H3,(H,39,42,44). The average Bonchev–Trinajstić information content (AvgIpc) is 3.58. The van der Waals surface area contributed by atoms with Gasteiger partial charge in [0.1, 0.15) is 11.4 Å². The molecule has 1 aliphatic rings. The fourth-order valence-electron chi connectivity index (χ4n) is 5.46. The lowest BCUT2D eigenvalue weighted by atomic mass is 10.2. The van der Waals surface area contributed by atoms with Crippen molar-refractivity contribution in [2.24, 2.45) is 4.99 Å². The van der Waals surface area contributed by atoms with Crippen molar-refractivity contribution in [1.82, 2.24) is 19.4 Å². The summed E-state index contributed by atoms with van der Waals surface area (Å²) in [7, 11) is 1.59. The third-order valence-corrected chi connectivity index (χ3v) is 9.08. The maximum absolute atomic E-state index is 15.4. The molecule has 0 unspecified atom stereocenters. The van der Waals surface area contributed by atoms with Crippen LogP contribution in [-0.2, 0) is 0 Å². The van der Waals surface area contributed by atoms with Gasteiger partial charge in [-0.2, -0.15) is 0 Å². The number of nitrogens with zero attached hydrogens (tertiary/aromatic N) is 4. The van der Waals surface area contributed by atoms with E-state index in [-0.39, 0.29) is 11.3 Å². The van der Waals surface area contributed by atoms with Crippen molar-refractivity contribution in [2.75, 3.05) is 33.4 Å². The fourth-order valence-corrected chi connectivity index (χ4v) is 6.40.